The Kier molecular flexibility index (Phi) is 7.04. The number of benzene rings is 2. The minimum Gasteiger partial charge on any atom is -0.497 e. The van der Waals surface area contributed by atoms with Gasteiger partial charge in [-0.05, 0) is 43.7 Å². The molecule has 2 rings (SSSR count). The van der Waals surface area contributed by atoms with Gasteiger partial charge in [0.05, 0.1) is 21.3 Å². The highest BCUT2D eigenvalue weighted by atomic mass is 16.5. The van der Waals surface area contributed by atoms with E-state index in [1.807, 2.05) is 50.4 Å². The van der Waals surface area contributed by atoms with Crippen LogP contribution in [0.25, 0.3) is 0 Å². The van der Waals surface area contributed by atoms with Crippen molar-refractivity contribution in [3.05, 3.63) is 59.2 Å². The first-order valence-electron chi connectivity index (χ1n) is 8.81. The number of hydrogen-bond acceptors (Lipinski definition) is 3. The third-order valence-electron chi connectivity index (χ3n) is 4.66. The molecule has 0 saturated carbocycles. The van der Waals surface area contributed by atoms with E-state index in [2.05, 4.69) is 18.3 Å². The summed E-state index contributed by atoms with van der Waals surface area (Å²) in [5, 5.41) is 3.01. The van der Waals surface area contributed by atoms with E-state index in [0.717, 1.165) is 34.1 Å². The summed E-state index contributed by atoms with van der Waals surface area (Å²) in [6, 6.07) is 13.7. The minimum absolute atomic E-state index is 0.0323. The fourth-order valence-electron chi connectivity index (χ4n) is 2.81. The van der Waals surface area contributed by atoms with Crippen LogP contribution in [0.1, 0.15) is 23.6 Å². The molecule has 1 unspecified atom stereocenters. The van der Waals surface area contributed by atoms with E-state index in [4.69, 9.17) is 9.47 Å². The number of nitrogens with one attached hydrogen (secondary N) is 2. The van der Waals surface area contributed by atoms with E-state index in [1.54, 1.807) is 14.2 Å². The molecule has 2 atom stereocenters. The molecular weight excluding hydrogens is 328 g/mol. The Morgan fingerprint density at radius 3 is 2.42 bits per heavy atom. The third kappa shape index (κ3) is 5.23. The van der Waals surface area contributed by atoms with Gasteiger partial charge in [-0.15, -0.1) is 0 Å². The van der Waals surface area contributed by atoms with Crippen molar-refractivity contribution < 1.29 is 19.2 Å². The zero-order valence-corrected chi connectivity index (χ0v) is 16.3. The molecule has 2 N–H and O–H groups in total. The Hall–Kier alpha value is -2.53. The second-order valence-corrected chi connectivity index (χ2v) is 6.63. The largest absolute Gasteiger partial charge is 0.497 e. The predicted octanol–water partition coefficient (Wildman–Crippen LogP) is 1.73. The van der Waals surface area contributed by atoms with Crippen LogP contribution in [-0.4, -0.2) is 33.2 Å². The van der Waals surface area contributed by atoms with Gasteiger partial charge in [0, 0.05) is 12.1 Å². The molecule has 0 heterocycles. The number of ether oxygens (including phenoxy) is 2. The van der Waals surface area contributed by atoms with E-state index < -0.39 is 0 Å². The molecule has 5 nitrogen and oxygen atoms in total. The SMILES string of the molecule is COc1ccc(CNC(=O)[C@H](C)[NH+](C)Cc2cc(C)ccc2OC)cc1. The lowest BCUT2D eigenvalue weighted by Crippen LogP contribution is -3.12. The molecule has 1 amide bonds. The van der Waals surface area contributed by atoms with Crippen LogP contribution < -0.4 is 19.7 Å². The van der Waals surface area contributed by atoms with E-state index in [0.29, 0.717) is 6.54 Å². The Bertz CT molecular complexity index is 729. The molecule has 26 heavy (non-hydrogen) atoms. The standard InChI is InChI=1S/C21H28N2O3/c1-15-6-11-20(26-5)18(12-15)14-23(3)16(2)21(24)22-13-17-7-9-19(25-4)10-8-17/h6-12,16H,13-14H2,1-5H3,(H,22,24)/p+1/t16-/m0/s1. The molecule has 5 heteroatoms. The highest BCUT2D eigenvalue weighted by molar-refractivity contribution is 5.79. The maximum absolute atomic E-state index is 12.5. The highest BCUT2D eigenvalue weighted by Gasteiger charge is 2.22. The number of quaternary nitrogens is 1. The van der Waals surface area contributed by atoms with Gasteiger partial charge in [-0.3, -0.25) is 4.79 Å². The first-order valence-corrected chi connectivity index (χ1v) is 8.81. The quantitative estimate of drug-likeness (QED) is 0.757. The van der Waals surface area contributed by atoms with Crippen molar-refractivity contribution in [3.8, 4) is 11.5 Å². The minimum atomic E-state index is -0.168. The van der Waals surface area contributed by atoms with Crippen LogP contribution in [0.15, 0.2) is 42.5 Å². The van der Waals surface area contributed by atoms with E-state index >= 15 is 0 Å². The summed E-state index contributed by atoms with van der Waals surface area (Å²) in [6.45, 7) is 5.24. The molecule has 0 fully saturated rings. The van der Waals surface area contributed by atoms with E-state index in [9.17, 15) is 4.79 Å². The molecule has 0 aliphatic rings. The number of likely N-dealkylation sites (N-methyl/N-ethyl adjacent to an activating group) is 1. The van der Waals surface area contributed by atoms with Crippen molar-refractivity contribution in [3.63, 3.8) is 0 Å². The van der Waals surface area contributed by atoms with Gasteiger partial charge >= 0.3 is 0 Å². The van der Waals surface area contributed by atoms with Gasteiger partial charge in [-0.1, -0.05) is 23.8 Å². The number of carbonyl (C=O) groups excluding carboxylic acids is 1. The van der Waals surface area contributed by atoms with Crippen molar-refractivity contribution in [1.29, 1.82) is 0 Å². The zero-order chi connectivity index (χ0) is 19.1. The highest BCUT2D eigenvalue weighted by Crippen LogP contribution is 2.18. The average molecular weight is 357 g/mol. The predicted molar refractivity (Wildman–Crippen MR) is 103 cm³/mol. The molecule has 2 aromatic carbocycles. The summed E-state index contributed by atoms with van der Waals surface area (Å²) in [5.41, 5.74) is 3.34. The summed E-state index contributed by atoms with van der Waals surface area (Å²) < 4.78 is 10.6. The molecule has 0 bridgehead atoms. The first-order chi connectivity index (χ1) is 12.4. The second kappa shape index (κ2) is 9.25. The maximum atomic E-state index is 12.5. The van der Waals surface area contributed by atoms with Gasteiger partial charge < -0.3 is 19.7 Å². The summed E-state index contributed by atoms with van der Waals surface area (Å²) in [6.07, 6.45) is 0. The van der Waals surface area contributed by atoms with Crippen LogP contribution in [-0.2, 0) is 17.9 Å². The number of methoxy groups -OCH3 is 2. The summed E-state index contributed by atoms with van der Waals surface area (Å²) in [7, 11) is 5.34. The monoisotopic (exact) mass is 357 g/mol. The summed E-state index contributed by atoms with van der Waals surface area (Å²) in [4.78, 5) is 13.6. The van der Waals surface area contributed by atoms with Gasteiger partial charge in [0.25, 0.3) is 5.91 Å². The van der Waals surface area contributed by atoms with Crippen molar-refractivity contribution in [1.82, 2.24) is 5.32 Å². The Labute approximate surface area is 155 Å². The second-order valence-electron chi connectivity index (χ2n) is 6.63. The van der Waals surface area contributed by atoms with Crippen molar-refractivity contribution >= 4 is 5.91 Å². The number of aryl methyl sites for hydroxylation is 1. The Morgan fingerprint density at radius 1 is 1.12 bits per heavy atom. The average Bonchev–Trinajstić information content (AvgIpc) is 2.66. The smallest absolute Gasteiger partial charge is 0.278 e. The normalized spacial score (nSPS) is 13.0. The molecule has 140 valence electrons. The molecule has 0 aliphatic carbocycles. The molecule has 0 aromatic heterocycles. The number of amides is 1. The van der Waals surface area contributed by atoms with E-state index in [1.165, 1.54) is 5.56 Å². The zero-order valence-electron chi connectivity index (χ0n) is 16.3. The van der Waals surface area contributed by atoms with Gasteiger partial charge in [0.15, 0.2) is 6.04 Å². The summed E-state index contributed by atoms with van der Waals surface area (Å²) >= 11 is 0. The topological polar surface area (TPSA) is 52.0 Å². The lowest BCUT2D eigenvalue weighted by Gasteiger charge is -2.22. The molecule has 0 aliphatic heterocycles. The van der Waals surface area contributed by atoms with Crippen LogP contribution in [0.3, 0.4) is 0 Å². The fourth-order valence-corrected chi connectivity index (χ4v) is 2.81. The maximum Gasteiger partial charge on any atom is 0.278 e. The van der Waals surface area contributed by atoms with Gasteiger partial charge in [0.1, 0.15) is 18.0 Å². The summed E-state index contributed by atoms with van der Waals surface area (Å²) in [5.74, 6) is 1.70. The van der Waals surface area contributed by atoms with Gasteiger partial charge in [-0.2, -0.15) is 0 Å². The fraction of sp³-hybridized carbons (Fsp3) is 0.381. The van der Waals surface area contributed by atoms with Gasteiger partial charge in [-0.25, -0.2) is 0 Å². The van der Waals surface area contributed by atoms with Crippen molar-refractivity contribution in [2.24, 2.45) is 0 Å². The van der Waals surface area contributed by atoms with Crippen LogP contribution in [0, 0.1) is 6.92 Å². The Balaban J connectivity index is 1.93. The number of rotatable bonds is 8. The van der Waals surface area contributed by atoms with Gasteiger partial charge in [0.2, 0.25) is 0 Å². The molecule has 0 saturated heterocycles. The number of hydrogen-bond donors (Lipinski definition) is 2. The number of carbonyl (C=O) groups is 1. The van der Waals surface area contributed by atoms with Crippen molar-refractivity contribution in [2.45, 2.75) is 33.0 Å². The molecule has 0 radical (unpaired) electrons. The third-order valence-corrected chi connectivity index (χ3v) is 4.66. The molecule has 0 spiro atoms. The molecule has 2 aromatic rings. The van der Waals surface area contributed by atoms with Crippen LogP contribution in [0.2, 0.25) is 0 Å². The first kappa shape index (κ1) is 19.8. The Morgan fingerprint density at radius 2 is 1.81 bits per heavy atom. The lowest BCUT2D eigenvalue weighted by atomic mass is 10.1. The van der Waals surface area contributed by atoms with Crippen LogP contribution in [0.5, 0.6) is 11.5 Å². The lowest BCUT2D eigenvalue weighted by molar-refractivity contribution is -0.908. The van der Waals surface area contributed by atoms with Crippen LogP contribution in [0.4, 0.5) is 0 Å². The van der Waals surface area contributed by atoms with E-state index in [-0.39, 0.29) is 11.9 Å². The van der Waals surface area contributed by atoms with Crippen molar-refractivity contribution in [2.75, 3.05) is 21.3 Å². The molecular formula is C21H29N2O3+. The van der Waals surface area contributed by atoms with Crippen LogP contribution >= 0.6 is 0 Å².